The molecule has 0 aromatic heterocycles. The summed E-state index contributed by atoms with van der Waals surface area (Å²) in [4.78, 5) is 12.3. The summed E-state index contributed by atoms with van der Waals surface area (Å²) in [5, 5.41) is 10.3. The molecule has 0 aromatic rings. The van der Waals surface area contributed by atoms with Gasteiger partial charge in [-0.1, -0.05) is 40.5 Å². The average molecular weight is 298 g/mol. The summed E-state index contributed by atoms with van der Waals surface area (Å²) in [5.41, 5.74) is -0.583. The van der Waals surface area contributed by atoms with Crippen molar-refractivity contribution >= 4 is 5.97 Å². The van der Waals surface area contributed by atoms with E-state index >= 15 is 0 Å². The Bertz CT molecular complexity index is 337. The first kappa shape index (κ1) is 18.5. The lowest BCUT2D eigenvalue weighted by molar-refractivity contribution is -0.174. The Morgan fingerprint density at radius 3 is 2.48 bits per heavy atom. The van der Waals surface area contributed by atoms with Gasteiger partial charge in [0, 0.05) is 5.92 Å². The molecule has 0 spiro atoms. The molecule has 0 aromatic carbocycles. The molecule has 1 fully saturated rings. The molecule has 5 atom stereocenters. The molecule has 0 bridgehead atoms. The topological polar surface area (TPSA) is 46.5 Å². The summed E-state index contributed by atoms with van der Waals surface area (Å²) in [5.74, 6) is 0.960. The van der Waals surface area contributed by atoms with Gasteiger partial charge in [-0.15, -0.1) is 0 Å². The maximum atomic E-state index is 12.3. The van der Waals surface area contributed by atoms with Gasteiger partial charge in [0.15, 0.2) is 0 Å². The van der Waals surface area contributed by atoms with Crippen molar-refractivity contribution in [3.63, 3.8) is 0 Å². The first-order chi connectivity index (χ1) is 9.67. The molecule has 5 unspecified atom stereocenters. The van der Waals surface area contributed by atoms with Gasteiger partial charge < -0.3 is 9.84 Å². The van der Waals surface area contributed by atoms with Crippen molar-refractivity contribution in [2.45, 2.75) is 85.4 Å². The van der Waals surface area contributed by atoms with Crippen LogP contribution in [0, 0.1) is 23.7 Å². The molecule has 3 nitrogen and oxygen atoms in total. The Labute approximate surface area is 130 Å². The summed E-state index contributed by atoms with van der Waals surface area (Å²) in [6.07, 6.45) is 4.44. The molecule has 0 saturated heterocycles. The largest absolute Gasteiger partial charge is 0.459 e. The van der Waals surface area contributed by atoms with Crippen molar-refractivity contribution in [2.24, 2.45) is 23.7 Å². The number of hydrogen-bond donors (Lipinski definition) is 1. The fraction of sp³-hybridized carbons (Fsp3) is 0.944. The van der Waals surface area contributed by atoms with Crippen LogP contribution in [0.3, 0.4) is 0 Å². The number of esters is 1. The number of ether oxygens (including phenoxy) is 1. The van der Waals surface area contributed by atoms with Crippen LogP contribution in [-0.2, 0) is 9.53 Å². The minimum Gasteiger partial charge on any atom is -0.459 e. The SMILES string of the molecule is CCC(C)CC(C)C(=O)OC(C)(C)C1CCC(C)CC1O. The van der Waals surface area contributed by atoms with Crippen molar-refractivity contribution in [3.05, 3.63) is 0 Å². The molecular weight excluding hydrogens is 264 g/mol. The van der Waals surface area contributed by atoms with E-state index in [9.17, 15) is 9.90 Å². The van der Waals surface area contributed by atoms with Crippen molar-refractivity contribution in [1.29, 1.82) is 0 Å². The normalized spacial score (nSPS) is 29.8. The predicted molar refractivity (Wildman–Crippen MR) is 85.9 cm³/mol. The second-order valence-corrected chi connectivity index (χ2v) is 7.77. The zero-order chi connectivity index (χ0) is 16.2. The van der Waals surface area contributed by atoms with Gasteiger partial charge in [-0.3, -0.25) is 4.79 Å². The highest BCUT2D eigenvalue weighted by molar-refractivity contribution is 5.72. The predicted octanol–water partition coefficient (Wildman–Crippen LogP) is 4.18. The van der Waals surface area contributed by atoms with Gasteiger partial charge in [0.05, 0.1) is 12.0 Å². The summed E-state index contributed by atoms with van der Waals surface area (Å²) >= 11 is 0. The third kappa shape index (κ3) is 5.28. The van der Waals surface area contributed by atoms with Crippen LogP contribution < -0.4 is 0 Å². The molecule has 1 rings (SSSR count). The minimum absolute atomic E-state index is 0.0495. The van der Waals surface area contributed by atoms with Gasteiger partial charge >= 0.3 is 5.97 Å². The quantitative estimate of drug-likeness (QED) is 0.748. The molecule has 1 aliphatic carbocycles. The Morgan fingerprint density at radius 2 is 1.95 bits per heavy atom. The van der Waals surface area contributed by atoms with Crippen LogP contribution in [0.2, 0.25) is 0 Å². The van der Waals surface area contributed by atoms with Crippen LogP contribution in [-0.4, -0.2) is 22.8 Å². The van der Waals surface area contributed by atoms with E-state index in [-0.39, 0.29) is 23.9 Å². The Kier molecular flexibility index (Phi) is 6.71. The lowest BCUT2D eigenvalue weighted by Crippen LogP contribution is -2.46. The van der Waals surface area contributed by atoms with Crippen molar-refractivity contribution in [2.75, 3.05) is 0 Å². The van der Waals surface area contributed by atoms with Crippen LogP contribution in [0.1, 0.15) is 73.6 Å². The maximum absolute atomic E-state index is 12.3. The van der Waals surface area contributed by atoms with Crippen LogP contribution in [0.5, 0.6) is 0 Å². The monoisotopic (exact) mass is 298 g/mol. The molecule has 21 heavy (non-hydrogen) atoms. The molecule has 124 valence electrons. The minimum atomic E-state index is -0.583. The Hall–Kier alpha value is -0.570. The van der Waals surface area contributed by atoms with Gasteiger partial charge in [0.1, 0.15) is 5.60 Å². The van der Waals surface area contributed by atoms with Crippen LogP contribution in [0.25, 0.3) is 0 Å². The van der Waals surface area contributed by atoms with Gasteiger partial charge in [-0.2, -0.15) is 0 Å². The van der Waals surface area contributed by atoms with E-state index in [0.29, 0.717) is 11.8 Å². The molecule has 1 N–H and O–H groups in total. The third-order valence-electron chi connectivity index (χ3n) is 5.19. The third-order valence-corrected chi connectivity index (χ3v) is 5.19. The molecule has 0 radical (unpaired) electrons. The zero-order valence-corrected chi connectivity index (χ0v) is 14.7. The molecule has 3 heteroatoms. The summed E-state index contributed by atoms with van der Waals surface area (Å²) in [7, 11) is 0. The van der Waals surface area contributed by atoms with Crippen LogP contribution >= 0.6 is 0 Å². The first-order valence-corrected chi connectivity index (χ1v) is 8.58. The lowest BCUT2D eigenvalue weighted by atomic mass is 9.73. The molecule has 1 aliphatic rings. The molecule has 0 amide bonds. The lowest BCUT2D eigenvalue weighted by Gasteiger charge is -2.41. The van der Waals surface area contributed by atoms with E-state index in [0.717, 1.165) is 32.1 Å². The van der Waals surface area contributed by atoms with Crippen molar-refractivity contribution in [1.82, 2.24) is 0 Å². The fourth-order valence-electron chi connectivity index (χ4n) is 3.46. The second kappa shape index (κ2) is 7.62. The number of rotatable bonds is 6. The van der Waals surface area contributed by atoms with Crippen LogP contribution in [0.4, 0.5) is 0 Å². The summed E-state index contributed by atoms with van der Waals surface area (Å²) in [6, 6.07) is 0. The van der Waals surface area contributed by atoms with E-state index in [4.69, 9.17) is 4.74 Å². The average Bonchev–Trinajstić information content (AvgIpc) is 2.37. The van der Waals surface area contributed by atoms with Gasteiger partial charge in [0.25, 0.3) is 0 Å². The Morgan fingerprint density at radius 1 is 1.33 bits per heavy atom. The highest BCUT2D eigenvalue weighted by atomic mass is 16.6. The van der Waals surface area contributed by atoms with Gasteiger partial charge in [-0.05, 0) is 44.9 Å². The van der Waals surface area contributed by atoms with E-state index < -0.39 is 5.60 Å². The Balaban J connectivity index is 2.60. The molecule has 0 aliphatic heterocycles. The highest BCUT2D eigenvalue weighted by Gasteiger charge is 2.41. The number of hydrogen-bond acceptors (Lipinski definition) is 3. The molecule has 0 heterocycles. The molecule has 1 saturated carbocycles. The standard InChI is InChI=1S/C18H34O3/c1-7-12(2)10-14(4)17(20)21-18(5,6)15-9-8-13(3)11-16(15)19/h12-16,19H,7-11H2,1-6H3. The van der Waals surface area contributed by atoms with E-state index in [1.165, 1.54) is 0 Å². The van der Waals surface area contributed by atoms with E-state index in [1.807, 2.05) is 20.8 Å². The number of carbonyl (C=O) groups is 1. The number of aliphatic hydroxyl groups is 1. The number of carbonyl (C=O) groups excluding carboxylic acids is 1. The van der Waals surface area contributed by atoms with Gasteiger partial charge in [-0.25, -0.2) is 0 Å². The second-order valence-electron chi connectivity index (χ2n) is 7.77. The summed E-state index contributed by atoms with van der Waals surface area (Å²) < 4.78 is 5.79. The maximum Gasteiger partial charge on any atom is 0.309 e. The van der Waals surface area contributed by atoms with Gasteiger partial charge in [0.2, 0.25) is 0 Å². The smallest absolute Gasteiger partial charge is 0.309 e. The van der Waals surface area contributed by atoms with Crippen molar-refractivity contribution in [3.8, 4) is 0 Å². The number of aliphatic hydroxyl groups excluding tert-OH is 1. The van der Waals surface area contributed by atoms with Crippen molar-refractivity contribution < 1.29 is 14.6 Å². The molecular formula is C18H34O3. The highest BCUT2D eigenvalue weighted by Crippen LogP contribution is 2.38. The van der Waals surface area contributed by atoms with E-state index in [2.05, 4.69) is 20.8 Å². The fourth-order valence-corrected chi connectivity index (χ4v) is 3.46. The first-order valence-electron chi connectivity index (χ1n) is 8.58. The summed E-state index contributed by atoms with van der Waals surface area (Å²) in [6.45, 7) is 12.3. The zero-order valence-electron chi connectivity index (χ0n) is 14.7. The van der Waals surface area contributed by atoms with Crippen LogP contribution in [0.15, 0.2) is 0 Å². The van der Waals surface area contributed by atoms with E-state index in [1.54, 1.807) is 0 Å².